The molecule has 0 amide bonds. The van der Waals surface area contributed by atoms with Gasteiger partial charge >= 0.3 is 0 Å². The number of aryl methyl sites for hydroxylation is 1. The highest BCUT2D eigenvalue weighted by Gasteiger charge is 2.08. The van der Waals surface area contributed by atoms with Gasteiger partial charge in [0.25, 0.3) is 5.56 Å². The fourth-order valence-corrected chi connectivity index (χ4v) is 3.33. The molecule has 104 valence electrons. The van der Waals surface area contributed by atoms with Crippen LogP contribution in [0.1, 0.15) is 11.8 Å². The summed E-state index contributed by atoms with van der Waals surface area (Å²) >= 11 is 3.07. The minimum absolute atomic E-state index is 0.0636. The molecule has 2 rings (SSSR count). The maximum atomic E-state index is 11.9. The Balaban J connectivity index is 2.05. The van der Waals surface area contributed by atoms with Crippen molar-refractivity contribution in [1.29, 1.82) is 0 Å². The zero-order chi connectivity index (χ0) is 13.7. The summed E-state index contributed by atoms with van der Waals surface area (Å²) in [7, 11) is 0. The second kappa shape index (κ2) is 7.04. The van der Waals surface area contributed by atoms with Gasteiger partial charge in [-0.1, -0.05) is 18.7 Å². The molecule has 0 aliphatic heterocycles. The van der Waals surface area contributed by atoms with Gasteiger partial charge in [0, 0.05) is 17.2 Å². The van der Waals surface area contributed by atoms with Crippen LogP contribution in [0.15, 0.2) is 16.0 Å². The van der Waals surface area contributed by atoms with Crippen LogP contribution in [0.3, 0.4) is 0 Å². The molecule has 0 atom stereocenters. The molecule has 0 fully saturated rings. The molecule has 0 radical (unpaired) electrons. The average molecular weight is 299 g/mol. The molecule has 7 heteroatoms. The number of ether oxygens (including phenoxy) is 1. The second-order valence-corrected chi connectivity index (χ2v) is 6.10. The van der Waals surface area contributed by atoms with E-state index in [0.29, 0.717) is 30.3 Å². The predicted molar refractivity (Wildman–Crippen MR) is 80.2 cm³/mol. The third kappa shape index (κ3) is 3.79. The van der Waals surface area contributed by atoms with Gasteiger partial charge in [-0.05, 0) is 12.5 Å². The van der Waals surface area contributed by atoms with Gasteiger partial charge in [-0.15, -0.1) is 11.3 Å². The summed E-state index contributed by atoms with van der Waals surface area (Å²) in [6, 6.07) is 1.92. The minimum atomic E-state index is -0.0636. The van der Waals surface area contributed by atoms with Gasteiger partial charge in [0.2, 0.25) is 0 Å². The van der Waals surface area contributed by atoms with E-state index in [4.69, 9.17) is 10.5 Å². The Morgan fingerprint density at radius 1 is 1.53 bits per heavy atom. The van der Waals surface area contributed by atoms with Gasteiger partial charge < -0.3 is 15.5 Å². The van der Waals surface area contributed by atoms with Crippen LogP contribution in [0.4, 0.5) is 0 Å². The standard InChI is InChI=1S/C12H17N3O2S2/c1-2-8-7-9-10(16)14-12(15-11(9)19-8)18-6-5-17-4-3-13/h7H,2-6,13H2,1H3,(H,14,15,16). The van der Waals surface area contributed by atoms with E-state index in [-0.39, 0.29) is 5.56 Å². The number of nitrogens with two attached hydrogens (primary N) is 1. The minimum Gasteiger partial charge on any atom is -0.379 e. The van der Waals surface area contributed by atoms with E-state index in [9.17, 15) is 4.79 Å². The smallest absolute Gasteiger partial charge is 0.260 e. The van der Waals surface area contributed by atoms with Crippen LogP contribution in [0.25, 0.3) is 10.2 Å². The van der Waals surface area contributed by atoms with E-state index in [1.807, 2.05) is 6.07 Å². The number of hydrogen-bond acceptors (Lipinski definition) is 6. The molecule has 0 aliphatic rings. The number of nitrogens with one attached hydrogen (secondary N) is 1. The lowest BCUT2D eigenvalue weighted by atomic mass is 10.3. The molecule has 0 saturated carbocycles. The van der Waals surface area contributed by atoms with Gasteiger partial charge in [0.15, 0.2) is 5.16 Å². The predicted octanol–water partition coefficient (Wildman–Crippen LogP) is 1.61. The van der Waals surface area contributed by atoms with Gasteiger partial charge in [0.05, 0.1) is 18.6 Å². The summed E-state index contributed by atoms with van der Waals surface area (Å²) < 4.78 is 5.28. The Morgan fingerprint density at radius 3 is 3.11 bits per heavy atom. The summed E-state index contributed by atoms with van der Waals surface area (Å²) in [5.74, 6) is 0.750. The zero-order valence-corrected chi connectivity index (χ0v) is 12.4. The SMILES string of the molecule is CCc1cc2c(=O)[nH]c(SCCOCCN)nc2s1. The quantitative estimate of drug-likeness (QED) is 0.461. The molecule has 0 aromatic carbocycles. The third-order valence-corrected chi connectivity index (χ3v) is 4.52. The van der Waals surface area contributed by atoms with E-state index < -0.39 is 0 Å². The monoisotopic (exact) mass is 299 g/mol. The molecule has 19 heavy (non-hydrogen) atoms. The molecular weight excluding hydrogens is 282 g/mol. The van der Waals surface area contributed by atoms with Crippen molar-refractivity contribution in [2.45, 2.75) is 18.5 Å². The first-order valence-electron chi connectivity index (χ1n) is 6.18. The van der Waals surface area contributed by atoms with Crippen molar-refractivity contribution in [3.63, 3.8) is 0 Å². The Morgan fingerprint density at radius 2 is 2.37 bits per heavy atom. The van der Waals surface area contributed by atoms with Crippen molar-refractivity contribution in [3.05, 3.63) is 21.3 Å². The normalized spacial score (nSPS) is 11.3. The van der Waals surface area contributed by atoms with Crippen LogP contribution in [-0.4, -0.2) is 35.5 Å². The van der Waals surface area contributed by atoms with Gasteiger partial charge in [-0.2, -0.15) is 0 Å². The number of thioether (sulfide) groups is 1. The maximum absolute atomic E-state index is 11.9. The molecule has 0 bridgehead atoms. The molecule has 2 heterocycles. The average Bonchev–Trinajstić information content (AvgIpc) is 2.82. The lowest BCUT2D eigenvalue weighted by molar-refractivity contribution is 0.158. The number of aromatic amines is 1. The van der Waals surface area contributed by atoms with Crippen LogP contribution in [-0.2, 0) is 11.2 Å². The van der Waals surface area contributed by atoms with Gasteiger partial charge in [-0.3, -0.25) is 4.79 Å². The van der Waals surface area contributed by atoms with Crippen LogP contribution in [0.2, 0.25) is 0 Å². The topological polar surface area (TPSA) is 81.0 Å². The van der Waals surface area contributed by atoms with Gasteiger partial charge in [-0.25, -0.2) is 4.98 Å². The molecule has 2 aromatic rings. The first-order valence-corrected chi connectivity index (χ1v) is 7.98. The molecule has 5 nitrogen and oxygen atoms in total. The second-order valence-electron chi connectivity index (χ2n) is 3.91. The van der Waals surface area contributed by atoms with E-state index in [1.54, 1.807) is 11.3 Å². The highest BCUT2D eigenvalue weighted by atomic mass is 32.2. The Labute approximate surface area is 119 Å². The Bertz CT molecular complexity index is 594. The van der Waals surface area contributed by atoms with Crippen molar-refractivity contribution in [2.75, 3.05) is 25.5 Å². The lowest BCUT2D eigenvalue weighted by Gasteiger charge is -2.02. The van der Waals surface area contributed by atoms with E-state index in [2.05, 4.69) is 16.9 Å². The largest absolute Gasteiger partial charge is 0.379 e. The van der Waals surface area contributed by atoms with E-state index in [1.165, 1.54) is 16.6 Å². The highest BCUT2D eigenvalue weighted by Crippen LogP contribution is 2.23. The van der Waals surface area contributed by atoms with Crippen molar-refractivity contribution < 1.29 is 4.74 Å². The van der Waals surface area contributed by atoms with Crippen molar-refractivity contribution in [1.82, 2.24) is 9.97 Å². The summed E-state index contributed by atoms with van der Waals surface area (Å²) in [5, 5.41) is 1.34. The first kappa shape index (κ1) is 14.5. The highest BCUT2D eigenvalue weighted by molar-refractivity contribution is 7.99. The fraction of sp³-hybridized carbons (Fsp3) is 0.500. The molecule has 0 aliphatic carbocycles. The number of fused-ring (bicyclic) bond motifs is 1. The number of H-pyrrole nitrogens is 1. The Hall–Kier alpha value is -0.890. The molecule has 3 N–H and O–H groups in total. The van der Waals surface area contributed by atoms with Gasteiger partial charge in [0.1, 0.15) is 4.83 Å². The van der Waals surface area contributed by atoms with Crippen LogP contribution >= 0.6 is 23.1 Å². The zero-order valence-electron chi connectivity index (χ0n) is 10.8. The number of nitrogens with zero attached hydrogens (tertiary/aromatic N) is 1. The number of aromatic nitrogens is 2. The lowest BCUT2D eigenvalue weighted by Crippen LogP contribution is -2.11. The summed E-state index contributed by atoms with van der Waals surface area (Å²) in [6.45, 7) is 3.77. The molecule has 0 saturated heterocycles. The molecule has 0 unspecified atom stereocenters. The maximum Gasteiger partial charge on any atom is 0.260 e. The van der Waals surface area contributed by atoms with Crippen molar-refractivity contribution in [2.24, 2.45) is 5.73 Å². The van der Waals surface area contributed by atoms with Crippen LogP contribution < -0.4 is 11.3 Å². The molecule has 0 spiro atoms. The fourth-order valence-electron chi connectivity index (χ4n) is 1.59. The van der Waals surface area contributed by atoms with Crippen LogP contribution in [0.5, 0.6) is 0 Å². The van der Waals surface area contributed by atoms with E-state index >= 15 is 0 Å². The summed E-state index contributed by atoms with van der Waals surface area (Å²) in [5.41, 5.74) is 5.27. The molecule has 2 aromatic heterocycles. The van der Waals surface area contributed by atoms with Crippen molar-refractivity contribution in [3.8, 4) is 0 Å². The summed E-state index contributed by atoms with van der Waals surface area (Å²) in [4.78, 5) is 21.2. The van der Waals surface area contributed by atoms with E-state index in [0.717, 1.165) is 17.0 Å². The number of thiophene rings is 1. The number of rotatable bonds is 7. The molecular formula is C12H17N3O2S2. The summed E-state index contributed by atoms with van der Waals surface area (Å²) in [6.07, 6.45) is 0.926. The van der Waals surface area contributed by atoms with Crippen molar-refractivity contribution >= 4 is 33.3 Å². The van der Waals surface area contributed by atoms with Crippen LogP contribution in [0, 0.1) is 0 Å². The number of hydrogen-bond donors (Lipinski definition) is 2. The third-order valence-electron chi connectivity index (χ3n) is 2.51. The first-order chi connectivity index (χ1) is 9.24. The Kier molecular flexibility index (Phi) is 5.38.